The molecule has 2 amide bonds. The number of ether oxygens (including phenoxy) is 2. The second-order valence-corrected chi connectivity index (χ2v) is 7.85. The smallest absolute Gasteiger partial charge is 0.410 e. The molecule has 2 heterocycles. The van der Waals surface area contributed by atoms with Crippen LogP contribution < -0.4 is 10.1 Å². The number of rotatable bonds is 1. The molecule has 0 aromatic heterocycles. The van der Waals surface area contributed by atoms with Gasteiger partial charge in [0.05, 0.1) is 11.8 Å². The standard InChI is InChI=1S/C20H26N2O5/c1-12(23)14-6-5-7-15-16(14)21-18(24)17(26-15)13-8-10-22(11-9-13)19(25)27-20(2,3)4/h5-7,12,23H,8-11H2,1-4H3,(H,21,24). The molecule has 1 fully saturated rings. The van der Waals surface area contributed by atoms with Crippen LogP contribution in [0.4, 0.5) is 10.5 Å². The average molecular weight is 374 g/mol. The molecule has 0 saturated carbocycles. The number of amides is 2. The Bertz CT molecular complexity index is 782. The summed E-state index contributed by atoms with van der Waals surface area (Å²) in [6.07, 6.45) is 0.0449. The van der Waals surface area contributed by atoms with Gasteiger partial charge in [0, 0.05) is 18.7 Å². The first kappa shape index (κ1) is 19.2. The van der Waals surface area contributed by atoms with Crippen LogP contribution in [0.5, 0.6) is 5.75 Å². The number of anilines is 1. The molecule has 7 nitrogen and oxygen atoms in total. The van der Waals surface area contributed by atoms with Crippen molar-refractivity contribution >= 4 is 17.7 Å². The maximum atomic E-state index is 12.6. The van der Waals surface area contributed by atoms with Crippen LogP contribution in [0, 0.1) is 0 Å². The predicted molar refractivity (Wildman–Crippen MR) is 100 cm³/mol. The topological polar surface area (TPSA) is 88.1 Å². The summed E-state index contributed by atoms with van der Waals surface area (Å²) in [4.78, 5) is 26.4. The fourth-order valence-electron chi connectivity index (χ4n) is 3.19. The summed E-state index contributed by atoms with van der Waals surface area (Å²) in [6.45, 7) is 8.10. The molecular formula is C20H26N2O5. The summed E-state index contributed by atoms with van der Waals surface area (Å²) >= 11 is 0. The quantitative estimate of drug-likeness (QED) is 0.736. The van der Waals surface area contributed by atoms with Gasteiger partial charge in [-0.2, -0.15) is 0 Å². The maximum absolute atomic E-state index is 12.6. The Morgan fingerprint density at radius 3 is 2.56 bits per heavy atom. The second-order valence-electron chi connectivity index (χ2n) is 7.85. The van der Waals surface area contributed by atoms with E-state index in [2.05, 4.69) is 5.32 Å². The van der Waals surface area contributed by atoms with Gasteiger partial charge in [-0.3, -0.25) is 4.79 Å². The minimum Gasteiger partial charge on any atom is -0.449 e. The molecule has 27 heavy (non-hydrogen) atoms. The molecule has 2 aliphatic heterocycles. The van der Waals surface area contributed by atoms with E-state index in [9.17, 15) is 14.7 Å². The fraction of sp³-hybridized carbons (Fsp3) is 0.500. The summed E-state index contributed by atoms with van der Waals surface area (Å²) in [5, 5.41) is 12.7. The highest BCUT2D eigenvalue weighted by Crippen LogP contribution is 2.38. The highest BCUT2D eigenvalue weighted by atomic mass is 16.6. The summed E-state index contributed by atoms with van der Waals surface area (Å²) in [5.74, 6) is 0.482. The number of hydrogen-bond acceptors (Lipinski definition) is 5. The number of carbonyl (C=O) groups is 2. The molecular weight excluding hydrogens is 348 g/mol. The first-order valence-corrected chi connectivity index (χ1v) is 9.16. The third-order valence-electron chi connectivity index (χ3n) is 4.51. The van der Waals surface area contributed by atoms with Crippen LogP contribution in [0.1, 0.15) is 52.2 Å². The number of carbonyl (C=O) groups excluding carboxylic acids is 2. The van der Waals surface area contributed by atoms with Crippen LogP contribution in [0.3, 0.4) is 0 Å². The van der Waals surface area contributed by atoms with Gasteiger partial charge in [-0.15, -0.1) is 0 Å². The number of piperidine rings is 1. The predicted octanol–water partition coefficient (Wildman–Crippen LogP) is 3.36. The zero-order valence-electron chi connectivity index (χ0n) is 16.2. The number of benzene rings is 1. The van der Waals surface area contributed by atoms with E-state index in [1.165, 1.54) is 0 Å². The molecule has 146 valence electrons. The molecule has 0 radical (unpaired) electrons. The number of hydrogen-bond donors (Lipinski definition) is 2. The third kappa shape index (κ3) is 4.24. The van der Waals surface area contributed by atoms with Crippen molar-refractivity contribution in [2.45, 2.75) is 52.2 Å². The number of para-hydroxylation sites is 1. The number of fused-ring (bicyclic) bond motifs is 1. The van der Waals surface area contributed by atoms with E-state index in [1.54, 1.807) is 30.0 Å². The summed E-state index contributed by atoms with van der Waals surface area (Å²) in [5.41, 5.74) is 1.46. The van der Waals surface area contributed by atoms with Crippen molar-refractivity contribution in [3.8, 4) is 5.75 Å². The van der Waals surface area contributed by atoms with Gasteiger partial charge in [0.1, 0.15) is 5.60 Å². The van der Waals surface area contributed by atoms with Crippen molar-refractivity contribution in [2.24, 2.45) is 0 Å². The molecule has 1 aromatic rings. The molecule has 3 rings (SSSR count). The molecule has 1 atom stereocenters. The van der Waals surface area contributed by atoms with E-state index < -0.39 is 11.7 Å². The molecule has 0 spiro atoms. The van der Waals surface area contributed by atoms with Gasteiger partial charge in [-0.1, -0.05) is 12.1 Å². The van der Waals surface area contributed by atoms with Crippen molar-refractivity contribution in [2.75, 3.05) is 18.4 Å². The zero-order chi connectivity index (χ0) is 19.8. The van der Waals surface area contributed by atoms with Crippen LogP contribution in [0.25, 0.3) is 0 Å². The van der Waals surface area contributed by atoms with Crippen LogP contribution in [-0.2, 0) is 9.53 Å². The van der Waals surface area contributed by atoms with Gasteiger partial charge in [0.25, 0.3) is 5.91 Å². The first-order chi connectivity index (χ1) is 12.7. The molecule has 1 unspecified atom stereocenters. The van der Waals surface area contributed by atoms with Crippen molar-refractivity contribution in [3.63, 3.8) is 0 Å². The van der Waals surface area contributed by atoms with Gasteiger partial charge >= 0.3 is 6.09 Å². The Kier molecular flexibility index (Phi) is 5.15. The Morgan fingerprint density at radius 2 is 1.96 bits per heavy atom. The van der Waals surface area contributed by atoms with Crippen LogP contribution in [0.15, 0.2) is 29.5 Å². The third-order valence-corrected chi connectivity index (χ3v) is 4.51. The Labute approximate surface area is 158 Å². The number of likely N-dealkylation sites (tertiary alicyclic amines) is 1. The second kappa shape index (κ2) is 7.23. The molecule has 1 aromatic carbocycles. The molecule has 0 bridgehead atoms. The summed E-state index contributed by atoms with van der Waals surface area (Å²) in [7, 11) is 0. The maximum Gasteiger partial charge on any atom is 0.410 e. The molecule has 7 heteroatoms. The summed E-state index contributed by atoms with van der Waals surface area (Å²) in [6, 6.07) is 5.30. The summed E-state index contributed by atoms with van der Waals surface area (Å²) < 4.78 is 11.3. The lowest BCUT2D eigenvalue weighted by atomic mass is 10.0. The molecule has 1 saturated heterocycles. The lowest BCUT2D eigenvalue weighted by Crippen LogP contribution is -2.41. The lowest BCUT2D eigenvalue weighted by Gasteiger charge is -2.32. The van der Waals surface area contributed by atoms with Crippen molar-refractivity contribution < 1.29 is 24.2 Å². The van der Waals surface area contributed by atoms with Crippen LogP contribution in [-0.4, -0.2) is 40.7 Å². The Hall–Kier alpha value is -2.54. The van der Waals surface area contributed by atoms with Crippen molar-refractivity contribution in [1.82, 2.24) is 4.90 Å². The van der Waals surface area contributed by atoms with Gasteiger partial charge < -0.3 is 24.8 Å². The SMILES string of the molecule is CC(O)c1cccc2c1NC(=O)C(=C1CCN(C(=O)OC(C)(C)C)CC1)O2. The number of aliphatic hydroxyl groups is 1. The minimum atomic E-state index is -0.713. The van der Waals surface area contributed by atoms with E-state index in [0.717, 1.165) is 5.57 Å². The molecule has 0 aliphatic carbocycles. The van der Waals surface area contributed by atoms with Crippen molar-refractivity contribution in [3.05, 3.63) is 35.1 Å². The zero-order valence-corrected chi connectivity index (χ0v) is 16.2. The van der Waals surface area contributed by atoms with Gasteiger partial charge in [0.2, 0.25) is 0 Å². The van der Waals surface area contributed by atoms with E-state index in [-0.39, 0.29) is 17.8 Å². The lowest BCUT2D eigenvalue weighted by molar-refractivity contribution is -0.115. The highest BCUT2D eigenvalue weighted by molar-refractivity contribution is 6.06. The van der Waals surface area contributed by atoms with Crippen molar-refractivity contribution in [1.29, 1.82) is 0 Å². The monoisotopic (exact) mass is 374 g/mol. The fourth-order valence-corrected chi connectivity index (χ4v) is 3.19. The number of nitrogens with zero attached hydrogens (tertiary/aromatic N) is 1. The molecule has 2 aliphatic rings. The average Bonchev–Trinajstić information content (AvgIpc) is 2.59. The normalized spacial score (nSPS) is 18.4. The van der Waals surface area contributed by atoms with Crippen LogP contribution >= 0.6 is 0 Å². The number of nitrogens with one attached hydrogen (secondary N) is 1. The Morgan fingerprint density at radius 1 is 1.30 bits per heavy atom. The van der Waals surface area contributed by atoms with E-state index >= 15 is 0 Å². The molecule has 2 N–H and O–H groups in total. The number of aliphatic hydroxyl groups excluding tert-OH is 1. The minimum absolute atomic E-state index is 0.286. The van der Waals surface area contributed by atoms with E-state index in [1.807, 2.05) is 20.8 Å². The van der Waals surface area contributed by atoms with E-state index in [4.69, 9.17) is 9.47 Å². The van der Waals surface area contributed by atoms with Gasteiger partial charge in [-0.05, 0) is 52.2 Å². The Balaban J connectivity index is 1.74. The highest BCUT2D eigenvalue weighted by Gasteiger charge is 2.31. The van der Waals surface area contributed by atoms with E-state index in [0.29, 0.717) is 42.9 Å². The first-order valence-electron chi connectivity index (χ1n) is 9.16. The van der Waals surface area contributed by atoms with Crippen LogP contribution in [0.2, 0.25) is 0 Å². The largest absolute Gasteiger partial charge is 0.449 e. The van der Waals surface area contributed by atoms with Gasteiger partial charge in [-0.25, -0.2) is 4.79 Å². The van der Waals surface area contributed by atoms with Gasteiger partial charge in [0.15, 0.2) is 11.5 Å².